The average Bonchev–Trinajstić information content (AvgIpc) is 2.68. The Morgan fingerprint density at radius 3 is 2.92 bits per heavy atom. The molecule has 0 spiro atoms. The molecule has 128 valence electrons. The monoisotopic (exact) mass is 336 g/mol. The molecule has 0 saturated carbocycles. The number of piperidine rings is 1. The Morgan fingerprint density at radius 1 is 1.40 bits per heavy atom. The summed E-state index contributed by atoms with van der Waals surface area (Å²) in [5.41, 5.74) is 2.08. The standard InChI is InChI=1S/C19H20N4O2/c1-2-14-11-21-19(22-12-14)25-17-7-4-8-23(13-17)18(24)16-6-3-5-15(9-16)10-20/h3,5-6,9,11-12,17H,2,4,7-8,13H2,1H3. The zero-order chi connectivity index (χ0) is 17.6. The Kier molecular flexibility index (Phi) is 5.24. The molecular weight excluding hydrogens is 316 g/mol. The number of hydrogen-bond acceptors (Lipinski definition) is 5. The molecule has 6 nitrogen and oxygen atoms in total. The van der Waals surface area contributed by atoms with Gasteiger partial charge >= 0.3 is 6.01 Å². The van der Waals surface area contributed by atoms with Crippen molar-refractivity contribution in [3.8, 4) is 12.1 Å². The predicted molar refractivity (Wildman–Crippen MR) is 92.1 cm³/mol. The van der Waals surface area contributed by atoms with E-state index in [0.717, 1.165) is 24.8 Å². The van der Waals surface area contributed by atoms with E-state index in [1.165, 1.54) is 0 Å². The number of aromatic nitrogens is 2. The van der Waals surface area contributed by atoms with Crippen LogP contribution in [0.1, 0.15) is 41.3 Å². The van der Waals surface area contributed by atoms with Crippen LogP contribution in [-0.4, -0.2) is 40.0 Å². The second-order valence-electron chi connectivity index (χ2n) is 6.05. The quantitative estimate of drug-likeness (QED) is 0.857. The van der Waals surface area contributed by atoms with E-state index in [2.05, 4.69) is 16.0 Å². The maximum Gasteiger partial charge on any atom is 0.316 e. The molecule has 0 bridgehead atoms. The second-order valence-corrected chi connectivity index (χ2v) is 6.05. The minimum Gasteiger partial charge on any atom is -0.458 e. The second kappa shape index (κ2) is 7.75. The molecule has 0 N–H and O–H groups in total. The lowest BCUT2D eigenvalue weighted by Gasteiger charge is -2.32. The van der Waals surface area contributed by atoms with Crippen molar-refractivity contribution in [3.63, 3.8) is 0 Å². The maximum atomic E-state index is 12.7. The van der Waals surface area contributed by atoms with Crippen LogP contribution in [-0.2, 0) is 6.42 Å². The molecule has 25 heavy (non-hydrogen) atoms. The predicted octanol–water partition coefficient (Wildman–Crippen LogP) is 2.59. The molecule has 2 heterocycles. The minimum atomic E-state index is -0.121. The molecule has 2 aromatic rings. The zero-order valence-corrected chi connectivity index (χ0v) is 14.2. The number of hydrogen-bond donors (Lipinski definition) is 0. The molecule has 1 aromatic heterocycles. The van der Waals surface area contributed by atoms with Gasteiger partial charge < -0.3 is 9.64 Å². The van der Waals surface area contributed by atoms with Crippen LogP contribution in [0.5, 0.6) is 6.01 Å². The Labute approximate surface area is 147 Å². The highest BCUT2D eigenvalue weighted by molar-refractivity contribution is 5.94. The number of benzene rings is 1. The summed E-state index contributed by atoms with van der Waals surface area (Å²) in [7, 11) is 0. The molecule has 1 aliphatic heterocycles. The van der Waals surface area contributed by atoms with Crippen LogP contribution in [0.3, 0.4) is 0 Å². The first-order valence-electron chi connectivity index (χ1n) is 8.46. The van der Waals surface area contributed by atoms with Crippen molar-refractivity contribution in [1.29, 1.82) is 5.26 Å². The smallest absolute Gasteiger partial charge is 0.316 e. The summed E-state index contributed by atoms with van der Waals surface area (Å²) in [5, 5.41) is 8.99. The number of rotatable bonds is 4. The van der Waals surface area contributed by atoms with E-state index in [0.29, 0.717) is 30.2 Å². The van der Waals surface area contributed by atoms with E-state index >= 15 is 0 Å². The highest BCUT2D eigenvalue weighted by Crippen LogP contribution is 2.18. The molecule has 1 atom stereocenters. The van der Waals surface area contributed by atoms with Gasteiger partial charge in [0, 0.05) is 24.5 Å². The summed E-state index contributed by atoms with van der Waals surface area (Å²) in [6, 6.07) is 9.19. The van der Waals surface area contributed by atoms with Crippen LogP contribution < -0.4 is 4.74 Å². The number of ether oxygens (including phenoxy) is 1. The van der Waals surface area contributed by atoms with Crippen LogP contribution in [0, 0.1) is 11.3 Å². The third-order valence-corrected chi connectivity index (χ3v) is 4.27. The van der Waals surface area contributed by atoms with Crippen molar-refractivity contribution in [2.45, 2.75) is 32.3 Å². The number of amides is 1. The number of likely N-dealkylation sites (tertiary alicyclic amines) is 1. The van der Waals surface area contributed by atoms with Gasteiger partial charge in [-0.15, -0.1) is 0 Å². The van der Waals surface area contributed by atoms with Gasteiger partial charge in [0.15, 0.2) is 0 Å². The molecule has 3 rings (SSSR count). The summed E-state index contributed by atoms with van der Waals surface area (Å²) < 4.78 is 5.85. The molecule has 1 unspecified atom stereocenters. The average molecular weight is 336 g/mol. The SMILES string of the molecule is CCc1cnc(OC2CCCN(C(=O)c3cccc(C#N)c3)C2)nc1. The molecule has 6 heteroatoms. The fourth-order valence-electron chi connectivity index (χ4n) is 2.86. The van der Waals surface area contributed by atoms with Crippen LogP contribution in [0.2, 0.25) is 0 Å². The fraction of sp³-hybridized carbons (Fsp3) is 0.368. The van der Waals surface area contributed by atoms with Crippen molar-refractivity contribution in [3.05, 3.63) is 53.3 Å². The lowest BCUT2D eigenvalue weighted by Crippen LogP contribution is -2.44. The Morgan fingerprint density at radius 2 is 2.20 bits per heavy atom. The lowest BCUT2D eigenvalue weighted by molar-refractivity contribution is 0.0515. The third kappa shape index (κ3) is 4.13. The van der Waals surface area contributed by atoms with E-state index in [1.807, 2.05) is 6.92 Å². The van der Waals surface area contributed by atoms with Crippen LogP contribution in [0.25, 0.3) is 0 Å². The van der Waals surface area contributed by atoms with E-state index < -0.39 is 0 Å². The summed E-state index contributed by atoms with van der Waals surface area (Å²) in [4.78, 5) is 22.9. The maximum absolute atomic E-state index is 12.7. The van der Waals surface area contributed by atoms with Gasteiger partial charge in [-0.05, 0) is 43.0 Å². The number of carbonyl (C=O) groups excluding carboxylic acids is 1. The summed E-state index contributed by atoms with van der Waals surface area (Å²) in [5.74, 6) is -0.0763. The van der Waals surface area contributed by atoms with Crippen molar-refractivity contribution in [2.24, 2.45) is 0 Å². The topological polar surface area (TPSA) is 79.1 Å². The molecular formula is C19H20N4O2. The molecule has 1 amide bonds. The van der Waals surface area contributed by atoms with Crippen molar-refractivity contribution < 1.29 is 9.53 Å². The van der Waals surface area contributed by atoms with Crippen LogP contribution >= 0.6 is 0 Å². The fourth-order valence-corrected chi connectivity index (χ4v) is 2.86. The first-order valence-corrected chi connectivity index (χ1v) is 8.46. The van der Waals surface area contributed by atoms with Gasteiger partial charge in [0.25, 0.3) is 5.91 Å². The number of carbonyl (C=O) groups is 1. The van der Waals surface area contributed by atoms with E-state index in [1.54, 1.807) is 41.6 Å². The molecule has 1 saturated heterocycles. The molecule has 0 radical (unpaired) electrons. The van der Waals surface area contributed by atoms with Crippen LogP contribution in [0.4, 0.5) is 0 Å². The van der Waals surface area contributed by atoms with Gasteiger partial charge in [-0.1, -0.05) is 13.0 Å². The highest BCUT2D eigenvalue weighted by Gasteiger charge is 2.26. The third-order valence-electron chi connectivity index (χ3n) is 4.27. The van der Waals surface area contributed by atoms with E-state index in [4.69, 9.17) is 10.00 Å². The van der Waals surface area contributed by atoms with Gasteiger partial charge in [0.05, 0.1) is 18.2 Å². The first-order chi connectivity index (χ1) is 12.2. The van der Waals surface area contributed by atoms with Gasteiger partial charge in [-0.25, -0.2) is 9.97 Å². The molecule has 1 aromatic carbocycles. The number of aryl methyl sites for hydroxylation is 1. The number of nitriles is 1. The summed E-state index contributed by atoms with van der Waals surface area (Å²) in [6.45, 7) is 3.23. The van der Waals surface area contributed by atoms with Gasteiger partial charge in [-0.3, -0.25) is 4.79 Å². The van der Waals surface area contributed by atoms with E-state index in [-0.39, 0.29) is 12.0 Å². The van der Waals surface area contributed by atoms with Gasteiger partial charge in [0.1, 0.15) is 6.10 Å². The largest absolute Gasteiger partial charge is 0.458 e. The Bertz CT molecular complexity index is 783. The minimum absolute atomic E-state index is 0.0763. The van der Waals surface area contributed by atoms with Gasteiger partial charge in [-0.2, -0.15) is 5.26 Å². The Hall–Kier alpha value is -2.94. The Balaban J connectivity index is 1.65. The summed E-state index contributed by atoms with van der Waals surface area (Å²) >= 11 is 0. The zero-order valence-electron chi connectivity index (χ0n) is 14.2. The first kappa shape index (κ1) is 16.9. The molecule has 0 aliphatic carbocycles. The van der Waals surface area contributed by atoms with Crippen LogP contribution in [0.15, 0.2) is 36.7 Å². The highest BCUT2D eigenvalue weighted by atomic mass is 16.5. The van der Waals surface area contributed by atoms with Crippen molar-refractivity contribution >= 4 is 5.91 Å². The summed E-state index contributed by atoms with van der Waals surface area (Å²) in [6.07, 6.45) is 6.02. The molecule has 1 aliphatic rings. The molecule has 1 fully saturated rings. The van der Waals surface area contributed by atoms with Gasteiger partial charge in [0.2, 0.25) is 0 Å². The van der Waals surface area contributed by atoms with Crippen molar-refractivity contribution in [1.82, 2.24) is 14.9 Å². The number of nitrogens with zero attached hydrogens (tertiary/aromatic N) is 4. The van der Waals surface area contributed by atoms with Crippen molar-refractivity contribution in [2.75, 3.05) is 13.1 Å². The lowest BCUT2D eigenvalue weighted by atomic mass is 10.1. The van der Waals surface area contributed by atoms with E-state index in [9.17, 15) is 4.79 Å². The normalized spacial score (nSPS) is 17.0.